The highest BCUT2D eigenvalue weighted by Crippen LogP contribution is 2.42. The number of fused-ring (bicyclic) bond motifs is 1. The van der Waals surface area contributed by atoms with Gasteiger partial charge in [0.1, 0.15) is 11.5 Å². The minimum absolute atomic E-state index is 0.0372. The fourth-order valence-electron chi connectivity index (χ4n) is 6.23. The van der Waals surface area contributed by atoms with Crippen LogP contribution in [0.4, 0.5) is 0 Å². The first kappa shape index (κ1) is 41.5. The molecule has 2 unspecified atom stereocenters. The Kier molecular flexibility index (Phi) is 18.7. The first-order valence-electron chi connectivity index (χ1n) is 18.3. The number of ether oxygens (including phenoxy) is 2. The lowest BCUT2D eigenvalue weighted by molar-refractivity contribution is -0.139. The Morgan fingerprint density at radius 1 is 0.653 bits per heavy atom. The van der Waals surface area contributed by atoms with E-state index in [1.807, 2.05) is 19.1 Å². The third-order valence-electron chi connectivity index (χ3n) is 9.25. The van der Waals surface area contributed by atoms with E-state index >= 15 is 0 Å². The maximum absolute atomic E-state index is 12.9. The lowest BCUT2D eigenvalue weighted by Crippen LogP contribution is -2.14. The van der Waals surface area contributed by atoms with Crippen molar-refractivity contribution in [1.82, 2.24) is 0 Å². The van der Waals surface area contributed by atoms with Gasteiger partial charge >= 0.3 is 23.9 Å². The average molecular weight is 681 g/mol. The van der Waals surface area contributed by atoms with Crippen LogP contribution in [0.3, 0.4) is 0 Å². The van der Waals surface area contributed by atoms with Crippen LogP contribution in [0.1, 0.15) is 142 Å². The summed E-state index contributed by atoms with van der Waals surface area (Å²) in [7, 11) is 0. The molecular formula is C41H60O8. The van der Waals surface area contributed by atoms with E-state index in [1.165, 1.54) is 50.5 Å². The van der Waals surface area contributed by atoms with Crippen molar-refractivity contribution >= 4 is 34.6 Å². The molecule has 0 spiro atoms. The smallest absolute Gasteiger partial charge is 0.311 e. The van der Waals surface area contributed by atoms with Crippen LogP contribution < -0.4 is 9.47 Å². The molecule has 0 bridgehead atoms. The Morgan fingerprint density at radius 3 is 1.63 bits per heavy atom. The van der Waals surface area contributed by atoms with Crippen LogP contribution in [0, 0.1) is 24.7 Å². The molecule has 272 valence electrons. The summed E-state index contributed by atoms with van der Waals surface area (Å²) < 4.78 is 11.8. The van der Waals surface area contributed by atoms with E-state index in [-0.39, 0.29) is 38.5 Å². The molecular weight excluding hydrogens is 620 g/mol. The van der Waals surface area contributed by atoms with Gasteiger partial charge in [0, 0.05) is 42.0 Å². The topological polar surface area (TPSA) is 127 Å². The maximum atomic E-state index is 12.9. The van der Waals surface area contributed by atoms with E-state index in [9.17, 15) is 19.2 Å². The lowest BCUT2D eigenvalue weighted by Gasteiger charge is -2.19. The number of carboxylic acid groups (broad SMARTS) is 2. The second-order valence-electron chi connectivity index (χ2n) is 14.4. The van der Waals surface area contributed by atoms with Gasteiger partial charge < -0.3 is 19.7 Å². The molecule has 2 N–H and O–H groups in total. The molecule has 2 aromatic carbocycles. The zero-order valence-corrected chi connectivity index (χ0v) is 30.8. The number of rotatable bonds is 24. The van der Waals surface area contributed by atoms with Crippen LogP contribution in [-0.2, 0) is 25.6 Å². The summed E-state index contributed by atoms with van der Waals surface area (Å²) in [5.41, 5.74) is 2.60. The Balaban J connectivity index is 2.17. The molecule has 0 aliphatic rings. The molecule has 49 heavy (non-hydrogen) atoms. The van der Waals surface area contributed by atoms with Crippen molar-refractivity contribution < 1.29 is 38.9 Å². The minimum atomic E-state index is -0.972. The molecule has 0 aliphatic carbocycles. The van der Waals surface area contributed by atoms with Gasteiger partial charge in [-0.05, 0) is 69.3 Å². The van der Waals surface area contributed by atoms with E-state index in [0.29, 0.717) is 45.7 Å². The number of allylic oxidation sites excluding steroid dienone is 2. The van der Waals surface area contributed by atoms with E-state index in [1.54, 1.807) is 12.1 Å². The quantitative estimate of drug-likeness (QED) is 0.0637. The highest BCUT2D eigenvalue weighted by Gasteiger charge is 2.22. The van der Waals surface area contributed by atoms with Gasteiger partial charge in [-0.25, -0.2) is 0 Å². The van der Waals surface area contributed by atoms with Crippen LogP contribution in [-0.4, -0.2) is 34.1 Å². The molecule has 0 fully saturated rings. The molecule has 2 rings (SSSR count). The van der Waals surface area contributed by atoms with Gasteiger partial charge in [0.15, 0.2) is 0 Å². The molecule has 8 nitrogen and oxygen atoms in total. The maximum Gasteiger partial charge on any atom is 0.311 e. The number of aliphatic carboxylic acids is 2. The van der Waals surface area contributed by atoms with Gasteiger partial charge in [0.25, 0.3) is 0 Å². The first-order chi connectivity index (χ1) is 23.3. The van der Waals surface area contributed by atoms with Crippen LogP contribution in [0.2, 0.25) is 0 Å². The predicted molar refractivity (Wildman–Crippen MR) is 195 cm³/mol. The van der Waals surface area contributed by atoms with Gasteiger partial charge in [-0.3, -0.25) is 19.2 Å². The molecule has 2 aromatic rings. The van der Waals surface area contributed by atoms with Crippen molar-refractivity contribution in [3.63, 3.8) is 0 Å². The van der Waals surface area contributed by atoms with Crippen molar-refractivity contribution in [1.29, 1.82) is 0 Å². The second kappa shape index (κ2) is 22.1. The Morgan fingerprint density at radius 2 is 1.12 bits per heavy atom. The molecule has 8 heteroatoms. The monoisotopic (exact) mass is 680 g/mol. The van der Waals surface area contributed by atoms with E-state index < -0.39 is 23.9 Å². The predicted octanol–water partition coefficient (Wildman–Crippen LogP) is 10.4. The third-order valence-corrected chi connectivity index (χ3v) is 9.25. The molecule has 0 saturated heterocycles. The highest BCUT2D eigenvalue weighted by molar-refractivity contribution is 5.98. The Bertz CT molecular complexity index is 1410. The fraction of sp³-hybridized carbons (Fsp3) is 0.610. The molecule has 2 atom stereocenters. The van der Waals surface area contributed by atoms with Gasteiger partial charge in [-0.1, -0.05) is 109 Å². The van der Waals surface area contributed by atoms with Gasteiger partial charge in [-0.2, -0.15) is 0 Å². The summed E-state index contributed by atoms with van der Waals surface area (Å²) in [6.45, 7) is 13.3. The van der Waals surface area contributed by atoms with Crippen LogP contribution in [0.15, 0.2) is 35.9 Å². The zero-order valence-electron chi connectivity index (χ0n) is 30.8. The number of carbonyl (C=O) groups excluding carboxylic acids is 2. The van der Waals surface area contributed by atoms with Crippen LogP contribution in [0.5, 0.6) is 11.5 Å². The van der Waals surface area contributed by atoms with Crippen molar-refractivity contribution in [3.05, 3.63) is 47.0 Å². The number of hydrogen-bond donors (Lipinski definition) is 2. The van der Waals surface area contributed by atoms with E-state index in [0.717, 1.165) is 24.7 Å². The Hall–Kier alpha value is -3.68. The SMILES string of the molecule is C/C(=C\Cc1c(C)c(OC(=O)CCCC(=O)O)c2ccccc2c1OC(=O)CCCC(=O)O)CCCC(C)CCCC(C)CCCC(C)C. The van der Waals surface area contributed by atoms with Crippen LogP contribution in [0.25, 0.3) is 10.8 Å². The zero-order chi connectivity index (χ0) is 36.3. The summed E-state index contributed by atoms with van der Waals surface area (Å²) in [5.74, 6) is 0.0176. The molecule has 0 aliphatic heterocycles. The van der Waals surface area contributed by atoms with Gasteiger partial charge in [0.05, 0.1) is 0 Å². The second-order valence-corrected chi connectivity index (χ2v) is 14.4. The Labute approximate surface area is 293 Å². The number of carboxylic acids is 2. The molecule has 0 amide bonds. The summed E-state index contributed by atoms with van der Waals surface area (Å²) in [6.07, 6.45) is 13.6. The number of carbonyl (C=O) groups is 4. The first-order valence-corrected chi connectivity index (χ1v) is 18.3. The third kappa shape index (κ3) is 16.1. The van der Waals surface area contributed by atoms with E-state index in [2.05, 4.69) is 40.7 Å². The summed E-state index contributed by atoms with van der Waals surface area (Å²) in [4.78, 5) is 47.6. The summed E-state index contributed by atoms with van der Waals surface area (Å²) in [6, 6.07) is 7.23. The van der Waals surface area contributed by atoms with Gasteiger partial charge in [-0.15, -0.1) is 0 Å². The largest absolute Gasteiger partial charge is 0.481 e. The summed E-state index contributed by atoms with van der Waals surface area (Å²) >= 11 is 0. The van der Waals surface area contributed by atoms with Gasteiger partial charge in [0.2, 0.25) is 0 Å². The lowest BCUT2D eigenvalue weighted by atomic mass is 9.91. The molecule has 0 radical (unpaired) electrons. The minimum Gasteiger partial charge on any atom is -0.481 e. The van der Waals surface area contributed by atoms with Crippen LogP contribution >= 0.6 is 0 Å². The van der Waals surface area contributed by atoms with Crippen molar-refractivity contribution in [2.75, 3.05) is 0 Å². The molecule has 0 aromatic heterocycles. The summed E-state index contributed by atoms with van der Waals surface area (Å²) in [5, 5.41) is 19.2. The number of esters is 2. The van der Waals surface area contributed by atoms with Crippen molar-refractivity contribution in [3.8, 4) is 11.5 Å². The molecule has 0 heterocycles. The fourth-order valence-corrected chi connectivity index (χ4v) is 6.23. The highest BCUT2D eigenvalue weighted by atomic mass is 16.5. The normalized spacial score (nSPS) is 13.0. The van der Waals surface area contributed by atoms with Crippen molar-refractivity contribution in [2.45, 2.75) is 144 Å². The number of benzene rings is 2. The van der Waals surface area contributed by atoms with E-state index in [4.69, 9.17) is 19.7 Å². The van der Waals surface area contributed by atoms with Crippen molar-refractivity contribution in [2.24, 2.45) is 17.8 Å². The standard InChI is InChI=1S/C41H60O8/c1-28(2)14-9-15-29(3)16-10-17-30(4)18-11-19-31(5)26-27-33-32(6)40(48-38(46)24-12-22-36(42)43)34-20-7-8-21-35(34)41(33)49-39(47)25-13-23-37(44)45/h7-8,20-21,26,28-30H,9-19,22-25,27H2,1-6H3,(H,42,43)(H,44,45)/b31-26+. The average Bonchev–Trinajstić information content (AvgIpc) is 3.02. The number of hydrogen-bond acceptors (Lipinski definition) is 6. The molecule has 0 saturated carbocycles.